The fourth-order valence-electron chi connectivity index (χ4n) is 3.17. The van der Waals surface area contributed by atoms with Crippen LogP contribution in [0.15, 0.2) is 17.3 Å². The van der Waals surface area contributed by atoms with E-state index in [1.165, 1.54) is 32.1 Å². The summed E-state index contributed by atoms with van der Waals surface area (Å²) in [4.78, 5) is 16.6. The molecule has 0 spiro atoms. The van der Waals surface area contributed by atoms with Gasteiger partial charge < -0.3 is 16.0 Å². The smallest absolute Gasteiger partial charge is 0.220 e. The summed E-state index contributed by atoms with van der Waals surface area (Å²) in [6.45, 7) is 4.67. The van der Waals surface area contributed by atoms with Crippen molar-refractivity contribution in [2.75, 3.05) is 19.6 Å². The molecule has 3 N–H and O–H groups in total. The van der Waals surface area contributed by atoms with E-state index in [0.717, 1.165) is 18.2 Å². The largest absolute Gasteiger partial charge is 0.357 e. The average Bonchev–Trinajstić information content (AvgIpc) is 3.02. The molecule has 7 heteroatoms. The molecule has 7 nitrogen and oxygen atoms in total. The van der Waals surface area contributed by atoms with Crippen LogP contribution in [0.4, 0.5) is 0 Å². The van der Waals surface area contributed by atoms with Gasteiger partial charge in [-0.1, -0.05) is 19.3 Å². The predicted octanol–water partition coefficient (Wildman–Crippen LogP) is 1.56. The lowest BCUT2D eigenvalue weighted by atomic mass is 9.87. The molecule has 1 aromatic heterocycles. The maximum atomic E-state index is 12.0. The Kier molecular flexibility index (Phi) is 8.28. The zero-order valence-corrected chi connectivity index (χ0v) is 15.6. The minimum atomic E-state index is 0.172. The molecule has 2 rings (SSSR count). The van der Waals surface area contributed by atoms with Crippen molar-refractivity contribution in [1.29, 1.82) is 0 Å². The second-order valence-electron chi connectivity index (χ2n) is 6.63. The van der Waals surface area contributed by atoms with Crippen LogP contribution in [0.2, 0.25) is 0 Å². The SMILES string of the molecule is CCNC(=NCc1ccnn1C)NCCNC(=O)CC1CCCCC1. The van der Waals surface area contributed by atoms with Crippen LogP contribution < -0.4 is 16.0 Å². The Balaban J connectivity index is 1.66. The monoisotopic (exact) mass is 348 g/mol. The van der Waals surface area contributed by atoms with Crippen molar-refractivity contribution < 1.29 is 4.79 Å². The second kappa shape index (κ2) is 10.7. The van der Waals surface area contributed by atoms with E-state index in [9.17, 15) is 4.79 Å². The highest BCUT2D eigenvalue weighted by Gasteiger charge is 2.16. The van der Waals surface area contributed by atoms with Gasteiger partial charge in [-0.3, -0.25) is 9.48 Å². The number of nitrogens with one attached hydrogen (secondary N) is 3. The van der Waals surface area contributed by atoms with Gasteiger partial charge in [0.1, 0.15) is 0 Å². The molecule has 1 aliphatic rings. The lowest BCUT2D eigenvalue weighted by Crippen LogP contribution is -2.41. The number of nitrogens with zero attached hydrogens (tertiary/aromatic N) is 3. The van der Waals surface area contributed by atoms with E-state index in [-0.39, 0.29) is 5.91 Å². The number of aromatic nitrogens is 2. The molecule has 1 aliphatic carbocycles. The summed E-state index contributed by atoms with van der Waals surface area (Å²) in [6.07, 6.45) is 8.74. The minimum absolute atomic E-state index is 0.172. The number of amides is 1. The number of carbonyl (C=O) groups is 1. The Bertz CT molecular complexity index is 548. The summed E-state index contributed by atoms with van der Waals surface area (Å²) in [5, 5.41) is 13.6. The van der Waals surface area contributed by atoms with Crippen molar-refractivity contribution >= 4 is 11.9 Å². The number of rotatable bonds is 8. The topological polar surface area (TPSA) is 83.3 Å². The van der Waals surface area contributed by atoms with E-state index < -0.39 is 0 Å². The lowest BCUT2D eigenvalue weighted by molar-refractivity contribution is -0.122. The molecule has 0 unspecified atom stereocenters. The number of hydrogen-bond acceptors (Lipinski definition) is 3. The van der Waals surface area contributed by atoms with E-state index in [2.05, 4.69) is 26.0 Å². The van der Waals surface area contributed by atoms with Crippen molar-refractivity contribution in [2.45, 2.75) is 52.0 Å². The molecule has 25 heavy (non-hydrogen) atoms. The summed E-state index contributed by atoms with van der Waals surface area (Å²) in [5.41, 5.74) is 1.05. The molecule has 1 amide bonds. The van der Waals surface area contributed by atoms with Gasteiger partial charge in [0.05, 0.1) is 12.2 Å². The molecule has 0 atom stereocenters. The molecule has 0 aromatic carbocycles. The summed E-state index contributed by atoms with van der Waals surface area (Å²) in [6, 6.07) is 1.96. The molecule has 0 radical (unpaired) electrons. The van der Waals surface area contributed by atoms with Gasteiger partial charge in [0.25, 0.3) is 0 Å². The van der Waals surface area contributed by atoms with E-state index in [4.69, 9.17) is 0 Å². The van der Waals surface area contributed by atoms with Crippen molar-refractivity contribution in [2.24, 2.45) is 18.0 Å². The zero-order chi connectivity index (χ0) is 17.9. The summed E-state index contributed by atoms with van der Waals surface area (Å²) in [5.74, 6) is 1.51. The molecule has 1 aromatic rings. The first-order chi connectivity index (χ1) is 12.2. The third-order valence-corrected chi connectivity index (χ3v) is 4.60. The van der Waals surface area contributed by atoms with Gasteiger partial charge in [0.2, 0.25) is 5.91 Å². The van der Waals surface area contributed by atoms with Crippen LogP contribution in [0, 0.1) is 5.92 Å². The number of aryl methyl sites for hydroxylation is 1. The van der Waals surface area contributed by atoms with Crippen molar-refractivity contribution in [3.8, 4) is 0 Å². The maximum absolute atomic E-state index is 12.0. The molecule has 0 bridgehead atoms. The van der Waals surface area contributed by atoms with Gasteiger partial charge in [-0.05, 0) is 31.7 Å². The molecule has 0 saturated heterocycles. The van der Waals surface area contributed by atoms with Crippen LogP contribution in [0.1, 0.15) is 51.1 Å². The highest BCUT2D eigenvalue weighted by Crippen LogP contribution is 2.25. The van der Waals surface area contributed by atoms with Crippen LogP contribution in [-0.2, 0) is 18.4 Å². The van der Waals surface area contributed by atoms with E-state index in [1.807, 2.05) is 24.7 Å². The van der Waals surface area contributed by atoms with Crippen LogP contribution in [0.5, 0.6) is 0 Å². The molecule has 140 valence electrons. The van der Waals surface area contributed by atoms with Gasteiger partial charge in [0.15, 0.2) is 5.96 Å². The average molecular weight is 348 g/mol. The lowest BCUT2D eigenvalue weighted by Gasteiger charge is -2.20. The van der Waals surface area contributed by atoms with Gasteiger partial charge in [-0.25, -0.2) is 4.99 Å². The van der Waals surface area contributed by atoms with E-state index in [1.54, 1.807) is 6.20 Å². The van der Waals surface area contributed by atoms with Crippen LogP contribution >= 0.6 is 0 Å². The highest BCUT2D eigenvalue weighted by atomic mass is 16.1. The van der Waals surface area contributed by atoms with Crippen LogP contribution in [0.3, 0.4) is 0 Å². The third-order valence-electron chi connectivity index (χ3n) is 4.60. The van der Waals surface area contributed by atoms with E-state index in [0.29, 0.717) is 32.0 Å². The summed E-state index contributed by atoms with van der Waals surface area (Å²) >= 11 is 0. The fourth-order valence-corrected chi connectivity index (χ4v) is 3.17. The standard InChI is InChI=1S/C18H32N6O/c1-3-19-18(22-14-16-9-10-23-24(16)2)21-12-11-20-17(25)13-15-7-5-4-6-8-15/h9-10,15H,3-8,11-14H2,1-2H3,(H,20,25)(H2,19,21,22). The van der Waals surface area contributed by atoms with Crippen molar-refractivity contribution in [3.05, 3.63) is 18.0 Å². The fraction of sp³-hybridized carbons (Fsp3) is 0.722. The van der Waals surface area contributed by atoms with Gasteiger partial charge in [-0.15, -0.1) is 0 Å². The second-order valence-corrected chi connectivity index (χ2v) is 6.63. The van der Waals surface area contributed by atoms with Crippen LogP contribution in [0.25, 0.3) is 0 Å². The predicted molar refractivity (Wildman–Crippen MR) is 100 cm³/mol. The Morgan fingerprint density at radius 1 is 1.24 bits per heavy atom. The number of aliphatic imine (C=N–C) groups is 1. The van der Waals surface area contributed by atoms with Gasteiger partial charge in [-0.2, -0.15) is 5.10 Å². The number of carbonyl (C=O) groups excluding carboxylic acids is 1. The molecule has 0 aliphatic heterocycles. The van der Waals surface area contributed by atoms with Gasteiger partial charge in [0, 0.05) is 39.3 Å². The first kappa shape index (κ1) is 19.3. The zero-order valence-electron chi connectivity index (χ0n) is 15.6. The quantitative estimate of drug-likeness (QED) is 0.378. The maximum Gasteiger partial charge on any atom is 0.220 e. The third kappa shape index (κ3) is 7.15. The molecular formula is C18H32N6O. The first-order valence-electron chi connectivity index (χ1n) is 9.44. The number of guanidine groups is 1. The first-order valence-corrected chi connectivity index (χ1v) is 9.44. The summed E-state index contributed by atoms with van der Waals surface area (Å²) < 4.78 is 1.82. The Hall–Kier alpha value is -2.05. The Labute approximate surface area is 150 Å². The van der Waals surface area contributed by atoms with Crippen molar-refractivity contribution in [1.82, 2.24) is 25.7 Å². The molecule has 1 saturated carbocycles. The Morgan fingerprint density at radius 2 is 2.00 bits per heavy atom. The normalized spacial score (nSPS) is 15.8. The van der Waals surface area contributed by atoms with Gasteiger partial charge >= 0.3 is 0 Å². The minimum Gasteiger partial charge on any atom is -0.357 e. The molecule has 1 heterocycles. The Morgan fingerprint density at radius 3 is 2.68 bits per heavy atom. The highest BCUT2D eigenvalue weighted by molar-refractivity contribution is 5.80. The van der Waals surface area contributed by atoms with Crippen LogP contribution in [-0.4, -0.2) is 41.3 Å². The summed E-state index contributed by atoms with van der Waals surface area (Å²) in [7, 11) is 1.91. The van der Waals surface area contributed by atoms with E-state index >= 15 is 0 Å². The molecule has 1 fully saturated rings. The number of hydrogen-bond donors (Lipinski definition) is 3. The molecular weight excluding hydrogens is 316 g/mol. The van der Waals surface area contributed by atoms with Crippen molar-refractivity contribution in [3.63, 3.8) is 0 Å².